The number of alkyl halides is 3. The number of carbonyl (C=O) groups excluding carboxylic acids is 1. The van der Waals surface area contributed by atoms with E-state index < -0.39 is 12.7 Å². The van der Waals surface area contributed by atoms with Gasteiger partial charge in [-0.1, -0.05) is 155 Å². The number of pyridine rings is 1. The first-order valence-electron chi connectivity index (χ1n) is 27.4. The number of aldehydes is 1. The number of hydrogen-bond acceptors (Lipinski definition) is 6. The number of nitrogens with one attached hydrogen (secondary N) is 1. The first-order chi connectivity index (χ1) is 32.7. The van der Waals surface area contributed by atoms with Crippen molar-refractivity contribution in [3.63, 3.8) is 0 Å². The minimum atomic E-state index is -4.38. The van der Waals surface area contributed by atoms with Crippen LogP contribution in [0.3, 0.4) is 0 Å². The van der Waals surface area contributed by atoms with Crippen LogP contribution in [0.5, 0.6) is 0 Å². The molecule has 402 valence electrons. The third-order valence-corrected chi connectivity index (χ3v) is 12.4. The van der Waals surface area contributed by atoms with Crippen LogP contribution in [0.4, 0.5) is 18.9 Å². The summed E-state index contributed by atoms with van der Waals surface area (Å²) in [6.45, 7) is 35.3. The van der Waals surface area contributed by atoms with Crippen molar-refractivity contribution < 1.29 is 27.4 Å². The molecule has 1 aromatic carbocycles. The number of ether oxygens (including phenoxy) is 2. The average Bonchev–Trinajstić information content (AvgIpc) is 4.13. The van der Waals surface area contributed by atoms with Gasteiger partial charge in [-0.3, -0.25) is 4.98 Å². The summed E-state index contributed by atoms with van der Waals surface area (Å²) in [6, 6.07) is 7.91. The number of methoxy groups -OCH3 is 1. The Bertz CT molecular complexity index is 1700. The first-order valence-corrected chi connectivity index (χ1v) is 27.4. The second-order valence-corrected chi connectivity index (χ2v) is 20.1. The molecule has 2 aromatic heterocycles. The number of nitrogens with zero attached hydrogens (tertiary/aromatic N) is 3. The van der Waals surface area contributed by atoms with E-state index in [-0.39, 0.29) is 11.5 Å². The standard InChI is InChI=1S/C31H44F3N3O.C8H18O.C7H16.C6H15N.C4H6O.C3H8/c1-9-12-22-16-25(28(35-19-22)21(4)38-8)29-26(18-30(5,6)11-3)24-17-23(36(7)15-10-2)13-14-27(24)37(29)20-31(32,33)34;1-4-6-9-7-8(3)5-2;1-4-6-7(3)5-2;1-3-4-5-6-7-2;5-3-4-1-2-4;1-3-2/h13-14,16-17,19,21H,9-12,15,18,20H2,1-8H3;8H,4-7H2,1-3H3;7H,4-6H2,1-3H3;7H,3-6H2,1-2H3;3-4H,1-2H2;3H2,1-2H3/t;;7-;;;/m..1.../s1. The molecule has 0 aliphatic heterocycles. The summed E-state index contributed by atoms with van der Waals surface area (Å²) in [6.07, 6.45) is 16.4. The lowest BCUT2D eigenvalue weighted by Crippen LogP contribution is -2.20. The van der Waals surface area contributed by atoms with Gasteiger partial charge in [0.1, 0.15) is 12.8 Å². The number of fused-ring (bicyclic) bond motifs is 1. The Balaban J connectivity index is 0. The van der Waals surface area contributed by atoms with E-state index in [2.05, 4.69) is 113 Å². The van der Waals surface area contributed by atoms with Crippen molar-refractivity contribution in [3.8, 4) is 11.3 Å². The van der Waals surface area contributed by atoms with Gasteiger partial charge in [-0.2, -0.15) is 13.2 Å². The molecule has 3 atom stereocenters. The van der Waals surface area contributed by atoms with E-state index in [0.29, 0.717) is 29.2 Å². The Morgan fingerprint density at radius 3 is 1.96 bits per heavy atom. The fourth-order valence-corrected chi connectivity index (χ4v) is 7.14. The van der Waals surface area contributed by atoms with E-state index in [1.54, 1.807) is 7.11 Å². The summed E-state index contributed by atoms with van der Waals surface area (Å²) >= 11 is 0. The van der Waals surface area contributed by atoms with Crippen molar-refractivity contribution in [3.05, 3.63) is 47.3 Å². The van der Waals surface area contributed by atoms with Gasteiger partial charge in [0.2, 0.25) is 0 Å². The van der Waals surface area contributed by atoms with E-state index >= 15 is 0 Å². The Morgan fingerprint density at radius 1 is 0.884 bits per heavy atom. The molecule has 1 aliphatic rings. The van der Waals surface area contributed by atoms with Gasteiger partial charge in [0.15, 0.2) is 0 Å². The molecule has 1 fully saturated rings. The molecule has 3 aromatic rings. The number of aromatic nitrogens is 2. The summed E-state index contributed by atoms with van der Waals surface area (Å²) in [5, 5.41) is 3.98. The molecule has 2 unspecified atom stereocenters. The molecule has 0 spiro atoms. The van der Waals surface area contributed by atoms with E-state index in [9.17, 15) is 18.0 Å². The number of benzene rings is 1. The van der Waals surface area contributed by atoms with Crippen LogP contribution < -0.4 is 10.2 Å². The molecule has 2 heterocycles. The lowest BCUT2D eigenvalue weighted by Gasteiger charge is -2.25. The SMILES string of the molecule is CCC.CCCCCNC.CCCOCC(C)CC.CCC[C@H](C)CC.CCCc1cnc(C(C)OC)c(-c2c(CC(C)(C)CC)c3cc(N(C)CCC)ccc3n2CC(F)(F)F)c1.O=CC1CC1. The van der Waals surface area contributed by atoms with Gasteiger partial charge in [-0.25, -0.2) is 0 Å². The molecule has 4 rings (SSSR count). The number of anilines is 1. The van der Waals surface area contributed by atoms with Gasteiger partial charge in [-0.05, 0) is 118 Å². The predicted octanol–water partition coefficient (Wildman–Crippen LogP) is 17.4. The molecular weight excluding hydrogens is 870 g/mol. The monoisotopic (exact) mass is 977 g/mol. The van der Waals surface area contributed by atoms with Crippen molar-refractivity contribution >= 4 is 22.9 Å². The fraction of sp³-hybridized carbons (Fsp3) is 0.763. The molecule has 0 amide bonds. The Kier molecular flexibility index (Phi) is 39.1. The summed E-state index contributed by atoms with van der Waals surface area (Å²) in [4.78, 5) is 16.5. The highest BCUT2D eigenvalue weighted by atomic mass is 19.4. The highest BCUT2D eigenvalue weighted by molar-refractivity contribution is 5.94. The number of halogens is 3. The van der Waals surface area contributed by atoms with Crippen molar-refractivity contribution in [2.45, 2.75) is 225 Å². The minimum absolute atomic E-state index is 0.0983. The van der Waals surface area contributed by atoms with Crippen molar-refractivity contribution in [2.24, 2.45) is 23.2 Å². The number of rotatable bonds is 25. The van der Waals surface area contributed by atoms with Crippen LogP contribution in [0.15, 0.2) is 30.5 Å². The van der Waals surface area contributed by atoms with Crippen LogP contribution in [0, 0.1) is 23.2 Å². The van der Waals surface area contributed by atoms with Crippen LogP contribution in [0.25, 0.3) is 22.2 Å². The van der Waals surface area contributed by atoms with E-state index in [4.69, 9.17) is 14.5 Å². The molecule has 10 heteroatoms. The second-order valence-electron chi connectivity index (χ2n) is 20.1. The summed E-state index contributed by atoms with van der Waals surface area (Å²) in [7, 11) is 5.64. The van der Waals surface area contributed by atoms with Crippen molar-refractivity contribution in [1.82, 2.24) is 14.9 Å². The fourth-order valence-electron chi connectivity index (χ4n) is 7.14. The summed E-state index contributed by atoms with van der Waals surface area (Å²) in [5.74, 6) is 2.14. The molecule has 1 aliphatic carbocycles. The molecule has 0 radical (unpaired) electrons. The van der Waals surface area contributed by atoms with Crippen LogP contribution in [-0.4, -0.2) is 69.5 Å². The van der Waals surface area contributed by atoms with E-state index in [1.165, 1.54) is 62.5 Å². The van der Waals surface area contributed by atoms with E-state index in [0.717, 1.165) is 111 Å². The van der Waals surface area contributed by atoms with E-state index in [1.807, 2.05) is 45.4 Å². The Labute approximate surface area is 423 Å². The minimum Gasteiger partial charge on any atom is -0.381 e. The van der Waals surface area contributed by atoms with Gasteiger partial charge < -0.3 is 29.1 Å². The molecule has 69 heavy (non-hydrogen) atoms. The second kappa shape index (κ2) is 39.6. The van der Waals surface area contributed by atoms with Crippen molar-refractivity contribution in [2.75, 3.05) is 52.4 Å². The molecule has 0 saturated heterocycles. The van der Waals surface area contributed by atoms with Crippen LogP contribution in [0.1, 0.15) is 217 Å². The molecule has 7 nitrogen and oxygen atoms in total. The number of unbranched alkanes of at least 4 members (excludes halogenated alkanes) is 2. The third kappa shape index (κ3) is 29.9. The lowest BCUT2D eigenvalue weighted by atomic mass is 9.81. The van der Waals surface area contributed by atoms with Crippen LogP contribution in [-0.2, 0) is 33.7 Å². The smallest absolute Gasteiger partial charge is 0.381 e. The first kappa shape index (κ1) is 68.1. The predicted molar refractivity (Wildman–Crippen MR) is 295 cm³/mol. The number of carbonyl (C=O) groups is 1. The average molecular weight is 978 g/mol. The normalized spacial score (nSPS) is 13.4. The highest BCUT2D eigenvalue weighted by Gasteiger charge is 2.34. The topological polar surface area (TPSA) is 68.6 Å². The summed E-state index contributed by atoms with van der Waals surface area (Å²) in [5.41, 5.74) is 5.48. The molecule has 1 N–H and O–H groups in total. The quantitative estimate of drug-likeness (QED) is 0.0674. The zero-order chi connectivity index (χ0) is 53.0. The maximum atomic E-state index is 14.1. The zero-order valence-corrected chi connectivity index (χ0v) is 47.8. The van der Waals surface area contributed by atoms with Gasteiger partial charge in [0, 0.05) is 68.2 Å². The maximum Gasteiger partial charge on any atom is 0.406 e. The van der Waals surface area contributed by atoms with Crippen LogP contribution in [0.2, 0.25) is 0 Å². The van der Waals surface area contributed by atoms with Gasteiger partial charge in [0.25, 0.3) is 0 Å². The maximum absolute atomic E-state index is 14.1. The highest BCUT2D eigenvalue weighted by Crippen LogP contribution is 2.43. The van der Waals surface area contributed by atoms with Gasteiger partial charge >= 0.3 is 6.18 Å². The van der Waals surface area contributed by atoms with Gasteiger partial charge in [0.05, 0.1) is 17.5 Å². The largest absolute Gasteiger partial charge is 0.406 e. The molecule has 0 bridgehead atoms. The Morgan fingerprint density at radius 2 is 1.52 bits per heavy atom. The molecule has 1 saturated carbocycles. The summed E-state index contributed by atoms with van der Waals surface area (Å²) < 4.78 is 54.9. The number of hydrogen-bond donors (Lipinski definition) is 1. The van der Waals surface area contributed by atoms with Gasteiger partial charge in [-0.15, -0.1) is 0 Å². The van der Waals surface area contributed by atoms with Crippen molar-refractivity contribution in [1.29, 1.82) is 0 Å². The van der Waals surface area contributed by atoms with Crippen LogP contribution >= 0.6 is 0 Å². The number of aryl methyl sites for hydroxylation is 1. The lowest BCUT2D eigenvalue weighted by molar-refractivity contribution is -0.139. The molecular formula is C59H107F3N4O3. The zero-order valence-electron chi connectivity index (χ0n) is 47.8. The third-order valence-electron chi connectivity index (χ3n) is 12.4. The Hall–Kier alpha value is -2.95.